The lowest BCUT2D eigenvalue weighted by Crippen LogP contribution is -2.68. The Balaban J connectivity index is 1.91. The summed E-state index contributed by atoms with van der Waals surface area (Å²) in [4.78, 5) is 0. The van der Waals surface area contributed by atoms with Crippen molar-refractivity contribution in [1.29, 1.82) is 0 Å². The molecule has 1 saturated heterocycles. The molecule has 2 fully saturated rings. The topological polar surface area (TPSA) is 30.5 Å². The molecule has 5 heteroatoms. The number of alkyl halides is 2. The SMILES string of the molecule is COCC1CCOC2(CC(CF)(CF)C2)N1. The van der Waals surface area contributed by atoms with Gasteiger partial charge in [0.05, 0.1) is 26.6 Å². The summed E-state index contributed by atoms with van der Waals surface area (Å²) >= 11 is 0. The number of nitrogens with one attached hydrogen (secondary N) is 1. The predicted molar refractivity (Wildman–Crippen MR) is 55.7 cm³/mol. The van der Waals surface area contributed by atoms with Crippen LogP contribution in [0.2, 0.25) is 0 Å². The molecule has 1 spiro atoms. The Morgan fingerprint density at radius 1 is 1.38 bits per heavy atom. The van der Waals surface area contributed by atoms with Gasteiger partial charge in [0, 0.05) is 31.4 Å². The van der Waals surface area contributed by atoms with Gasteiger partial charge < -0.3 is 9.47 Å². The fourth-order valence-electron chi connectivity index (χ4n) is 2.80. The predicted octanol–water partition coefficient (Wildman–Crippen LogP) is 1.43. The molecule has 3 nitrogen and oxygen atoms in total. The van der Waals surface area contributed by atoms with Gasteiger partial charge in [-0.15, -0.1) is 0 Å². The minimum absolute atomic E-state index is 0.232. The maximum absolute atomic E-state index is 12.7. The van der Waals surface area contributed by atoms with E-state index >= 15 is 0 Å². The zero-order valence-electron chi connectivity index (χ0n) is 9.60. The third kappa shape index (κ3) is 2.08. The van der Waals surface area contributed by atoms with E-state index in [1.54, 1.807) is 7.11 Å². The standard InChI is InChI=1S/C11H19F2NO2/c1-15-4-9-2-3-16-11(14-9)5-10(6-11,7-12)8-13/h9,14H,2-8H2,1H3. The van der Waals surface area contributed by atoms with Gasteiger partial charge in [0.15, 0.2) is 0 Å². The molecule has 1 unspecified atom stereocenters. The quantitative estimate of drug-likeness (QED) is 0.799. The molecular formula is C11H19F2NO2. The molecule has 94 valence electrons. The fraction of sp³-hybridized carbons (Fsp3) is 1.00. The van der Waals surface area contributed by atoms with Crippen LogP contribution in [-0.2, 0) is 9.47 Å². The Bertz CT molecular complexity index is 236. The monoisotopic (exact) mass is 235 g/mol. The number of hydrogen-bond acceptors (Lipinski definition) is 3. The molecule has 1 N–H and O–H groups in total. The molecule has 0 aromatic rings. The summed E-state index contributed by atoms with van der Waals surface area (Å²) < 4.78 is 36.2. The van der Waals surface area contributed by atoms with Crippen LogP contribution in [0.1, 0.15) is 19.3 Å². The van der Waals surface area contributed by atoms with Crippen LogP contribution >= 0.6 is 0 Å². The van der Waals surface area contributed by atoms with Gasteiger partial charge in [-0.25, -0.2) is 0 Å². The Kier molecular flexibility index (Phi) is 3.47. The van der Waals surface area contributed by atoms with Crippen molar-refractivity contribution in [1.82, 2.24) is 5.32 Å². The summed E-state index contributed by atoms with van der Waals surface area (Å²) in [5.41, 5.74) is -1.30. The smallest absolute Gasteiger partial charge is 0.120 e. The van der Waals surface area contributed by atoms with E-state index in [2.05, 4.69) is 5.32 Å². The molecule has 0 radical (unpaired) electrons. The first-order chi connectivity index (χ1) is 7.67. The van der Waals surface area contributed by atoms with Crippen LogP contribution in [0.15, 0.2) is 0 Å². The molecule has 16 heavy (non-hydrogen) atoms. The fourth-order valence-corrected chi connectivity index (χ4v) is 2.80. The minimum Gasteiger partial charge on any atom is -0.383 e. The van der Waals surface area contributed by atoms with Crippen molar-refractivity contribution in [2.75, 3.05) is 33.7 Å². The molecule has 1 saturated carbocycles. The molecule has 0 amide bonds. The summed E-state index contributed by atoms with van der Waals surface area (Å²) in [6.07, 6.45) is 1.73. The number of methoxy groups -OCH3 is 1. The maximum atomic E-state index is 12.7. The summed E-state index contributed by atoms with van der Waals surface area (Å²) in [5, 5.41) is 3.31. The molecule has 2 rings (SSSR count). The van der Waals surface area contributed by atoms with E-state index in [0.29, 0.717) is 26.1 Å². The Labute approximate surface area is 94.5 Å². The lowest BCUT2D eigenvalue weighted by atomic mass is 9.63. The summed E-state index contributed by atoms with van der Waals surface area (Å²) in [6.45, 7) is 0.0372. The van der Waals surface area contributed by atoms with E-state index in [9.17, 15) is 8.78 Å². The van der Waals surface area contributed by atoms with Gasteiger partial charge in [-0.05, 0) is 6.42 Å². The third-order valence-electron chi connectivity index (χ3n) is 3.57. The largest absolute Gasteiger partial charge is 0.383 e. The van der Waals surface area contributed by atoms with Crippen molar-refractivity contribution >= 4 is 0 Å². The molecular weight excluding hydrogens is 216 g/mol. The first-order valence-electron chi connectivity index (χ1n) is 5.70. The molecule has 2 aliphatic rings. The third-order valence-corrected chi connectivity index (χ3v) is 3.57. The number of ether oxygens (including phenoxy) is 2. The van der Waals surface area contributed by atoms with Crippen molar-refractivity contribution in [3.05, 3.63) is 0 Å². The average Bonchev–Trinajstić information content (AvgIpc) is 2.26. The van der Waals surface area contributed by atoms with Gasteiger partial charge in [-0.2, -0.15) is 0 Å². The van der Waals surface area contributed by atoms with E-state index in [-0.39, 0.29) is 6.04 Å². The lowest BCUT2D eigenvalue weighted by molar-refractivity contribution is -0.223. The zero-order valence-corrected chi connectivity index (χ0v) is 9.60. The highest BCUT2D eigenvalue weighted by Gasteiger charge is 2.57. The molecule has 1 heterocycles. The minimum atomic E-state index is -0.804. The van der Waals surface area contributed by atoms with Crippen LogP contribution in [0.25, 0.3) is 0 Å². The van der Waals surface area contributed by atoms with Gasteiger partial charge >= 0.3 is 0 Å². The molecule has 1 aliphatic heterocycles. The van der Waals surface area contributed by atoms with Crippen LogP contribution in [0, 0.1) is 5.41 Å². The highest BCUT2D eigenvalue weighted by Crippen LogP contribution is 2.51. The lowest BCUT2D eigenvalue weighted by Gasteiger charge is -2.56. The van der Waals surface area contributed by atoms with E-state index in [1.165, 1.54) is 0 Å². The van der Waals surface area contributed by atoms with Crippen LogP contribution < -0.4 is 5.32 Å². The van der Waals surface area contributed by atoms with E-state index < -0.39 is 24.5 Å². The maximum Gasteiger partial charge on any atom is 0.120 e. The van der Waals surface area contributed by atoms with Crippen LogP contribution in [0.3, 0.4) is 0 Å². The van der Waals surface area contributed by atoms with E-state index in [0.717, 1.165) is 6.42 Å². The first kappa shape index (κ1) is 12.2. The van der Waals surface area contributed by atoms with E-state index in [4.69, 9.17) is 9.47 Å². The normalized spacial score (nSPS) is 31.3. The Morgan fingerprint density at radius 3 is 2.62 bits per heavy atom. The van der Waals surface area contributed by atoms with Crippen molar-refractivity contribution in [3.63, 3.8) is 0 Å². The molecule has 0 bridgehead atoms. The molecule has 1 aliphatic carbocycles. The van der Waals surface area contributed by atoms with Crippen LogP contribution in [0.4, 0.5) is 8.78 Å². The van der Waals surface area contributed by atoms with E-state index in [1.807, 2.05) is 0 Å². The average molecular weight is 235 g/mol. The second kappa shape index (κ2) is 4.55. The zero-order chi connectivity index (χ0) is 11.6. The van der Waals surface area contributed by atoms with Crippen LogP contribution in [-0.4, -0.2) is 45.4 Å². The van der Waals surface area contributed by atoms with Crippen molar-refractivity contribution in [3.8, 4) is 0 Å². The van der Waals surface area contributed by atoms with Gasteiger partial charge in [-0.1, -0.05) is 0 Å². The van der Waals surface area contributed by atoms with Crippen molar-refractivity contribution < 1.29 is 18.3 Å². The second-order valence-electron chi connectivity index (χ2n) is 5.05. The van der Waals surface area contributed by atoms with Crippen molar-refractivity contribution in [2.45, 2.75) is 31.0 Å². The molecule has 0 aromatic carbocycles. The molecule has 0 aromatic heterocycles. The first-order valence-corrected chi connectivity index (χ1v) is 5.70. The highest BCUT2D eigenvalue weighted by molar-refractivity contribution is 5.06. The van der Waals surface area contributed by atoms with Crippen molar-refractivity contribution in [2.24, 2.45) is 5.41 Å². The highest BCUT2D eigenvalue weighted by atomic mass is 19.1. The van der Waals surface area contributed by atoms with Gasteiger partial charge in [0.1, 0.15) is 5.72 Å². The van der Waals surface area contributed by atoms with Gasteiger partial charge in [0.2, 0.25) is 0 Å². The summed E-state index contributed by atoms with van der Waals surface area (Å²) in [6, 6.07) is 0.232. The number of rotatable bonds is 4. The molecule has 1 atom stereocenters. The summed E-state index contributed by atoms with van der Waals surface area (Å²) in [7, 11) is 1.65. The summed E-state index contributed by atoms with van der Waals surface area (Å²) in [5.74, 6) is 0. The Hall–Kier alpha value is -0.260. The van der Waals surface area contributed by atoms with Gasteiger partial charge in [-0.3, -0.25) is 14.1 Å². The number of hydrogen-bond donors (Lipinski definition) is 1. The van der Waals surface area contributed by atoms with Gasteiger partial charge in [0.25, 0.3) is 0 Å². The Morgan fingerprint density at radius 2 is 2.06 bits per heavy atom. The number of halogens is 2. The van der Waals surface area contributed by atoms with Crippen LogP contribution in [0.5, 0.6) is 0 Å². The second-order valence-corrected chi connectivity index (χ2v) is 5.05.